The van der Waals surface area contributed by atoms with Crippen LogP contribution in [0.15, 0.2) is 249 Å². The molecule has 0 fully saturated rings. The second-order valence-corrected chi connectivity index (χ2v) is 22.9. The molecule has 0 aromatic heterocycles. The first-order valence-corrected chi connectivity index (χ1v) is 27.0. The van der Waals surface area contributed by atoms with Crippen LogP contribution in [0.25, 0.3) is 89.0 Å². The topological polar surface area (TPSA) is 3.24 Å². The predicted molar refractivity (Wildman–Crippen MR) is 321 cm³/mol. The van der Waals surface area contributed by atoms with Gasteiger partial charge in [0.25, 0.3) is 0 Å². The molecular weight excluding hydrogens is 915 g/mol. The zero-order valence-electron chi connectivity index (χ0n) is 44.1. The van der Waals surface area contributed by atoms with E-state index in [9.17, 15) is 0 Å². The van der Waals surface area contributed by atoms with Gasteiger partial charge in [-0.3, -0.25) is 0 Å². The van der Waals surface area contributed by atoms with Gasteiger partial charge < -0.3 is 4.90 Å². The molecular formula is C75H59N. The smallest absolute Gasteiger partial charge is 0.0465 e. The van der Waals surface area contributed by atoms with Gasteiger partial charge in [-0.05, 0) is 177 Å². The van der Waals surface area contributed by atoms with Crippen molar-refractivity contribution in [3.8, 4) is 89.0 Å². The fourth-order valence-corrected chi connectivity index (χ4v) is 13.2. The Labute approximate surface area is 448 Å². The molecule has 364 valence electrons. The molecule has 0 bridgehead atoms. The molecule has 76 heavy (non-hydrogen) atoms. The van der Waals surface area contributed by atoms with Crippen LogP contribution in [0, 0.1) is 0 Å². The number of hydrogen-bond donors (Lipinski definition) is 0. The van der Waals surface area contributed by atoms with E-state index in [2.05, 4.69) is 295 Å². The van der Waals surface area contributed by atoms with Gasteiger partial charge in [-0.25, -0.2) is 0 Å². The van der Waals surface area contributed by atoms with Crippen molar-refractivity contribution < 1.29 is 0 Å². The molecule has 0 saturated carbocycles. The lowest BCUT2D eigenvalue weighted by atomic mass is 9.81. The van der Waals surface area contributed by atoms with E-state index in [1.165, 1.54) is 122 Å². The van der Waals surface area contributed by atoms with Gasteiger partial charge in [-0.15, -0.1) is 0 Å². The van der Waals surface area contributed by atoms with Gasteiger partial charge in [-0.2, -0.15) is 0 Å². The lowest BCUT2D eigenvalue weighted by Crippen LogP contribution is -2.16. The summed E-state index contributed by atoms with van der Waals surface area (Å²) in [6, 6.07) is 93.1. The Bertz CT molecular complexity index is 3930. The minimum Gasteiger partial charge on any atom is -0.310 e. The number of benzene rings is 11. The van der Waals surface area contributed by atoms with E-state index in [0.29, 0.717) is 0 Å². The van der Waals surface area contributed by atoms with E-state index >= 15 is 0 Å². The molecule has 0 atom stereocenters. The largest absolute Gasteiger partial charge is 0.310 e. The summed E-state index contributed by atoms with van der Waals surface area (Å²) in [5.74, 6) is 0. The van der Waals surface area contributed by atoms with Crippen LogP contribution in [0.4, 0.5) is 17.1 Å². The van der Waals surface area contributed by atoms with Gasteiger partial charge in [0.1, 0.15) is 0 Å². The Kier molecular flexibility index (Phi) is 10.3. The molecule has 0 heterocycles. The van der Waals surface area contributed by atoms with Crippen LogP contribution in [-0.4, -0.2) is 0 Å². The zero-order valence-corrected chi connectivity index (χ0v) is 44.1. The van der Waals surface area contributed by atoms with Crippen LogP contribution in [0.2, 0.25) is 0 Å². The van der Waals surface area contributed by atoms with Crippen molar-refractivity contribution in [3.63, 3.8) is 0 Å². The summed E-state index contributed by atoms with van der Waals surface area (Å²) in [5.41, 5.74) is 31.6. The third kappa shape index (κ3) is 7.20. The fraction of sp³-hybridized carbons (Fsp3) is 0.120. The minimum atomic E-state index is -0.224. The van der Waals surface area contributed by atoms with E-state index in [0.717, 1.165) is 17.1 Å². The van der Waals surface area contributed by atoms with Crippen molar-refractivity contribution in [2.75, 3.05) is 4.90 Å². The monoisotopic (exact) mass is 973 g/mol. The quantitative estimate of drug-likeness (QED) is 0.147. The van der Waals surface area contributed by atoms with Crippen LogP contribution in [0.1, 0.15) is 74.9 Å². The highest BCUT2D eigenvalue weighted by Crippen LogP contribution is 2.54. The standard InChI is InChI=1S/C75H59N/c1-73(2)67-18-12-10-16-61(67)63-40-32-56(44-69(63)73)53-28-35-58(36-29-53)76(59-37-30-54(31-38-59)57-33-41-64-62-17-11-13-19-68(62)74(3,4)70(64)45-57)60-39-43-66-65-42-34-55(46-71(65)75(5,6)72(66)47-60)52-26-24-51(25-27-52)50-22-20-49(21-23-50)48-14-8-7-9-15-48/h7-47H,1-6H3. The highest BCUT2D eigenvalue weighted by atomic mass is 15.1. The Hall–Kier alpha value is -8.78. The molecule has 11 aromatic carbocycles. The summed E-state index contributed by atoms with van der Waals surface area (Å²) < 4.78 is 0. The van der Waals surface area contributed by atoms with Crippen molar-refractivity contribution in [2.24, 2.45) is 0 Å². The van der Waals surface area contributed by atoms with E-state index in [4.69, 9.17) is 0 Å². The van der Waals surface area contributed by atoms with E-state index < -0.39 is 0 Å². The minimum absolute atomic E-state index is 0.0583. The molecule has 3 aliphatic rings. The normalized spacial score (nSPS) is 14.5. The van der Waals surface area contributed by atoms with Crippen molar-refractivity contribution in [1.82, 2.24) is 0 Å². The van der Waals surface area contributed by atoms with Crippen LogP contribution < -0.4 is 4.90 Å². The van der Waals surface area contributed by atoms with Gasteiger partial charge in [0.05, 0.1) is 0 Å². The molecule has 1 heteroatoms. The summed E-state index contributed by atoms with van der Waals surface area (Å²) in [6.07, 6.45) is 0. The van der Waals surface area contributed by atoms with Crippen LogP contribution in [0.5, 0.6) is 0 Å². The second-order valence-electron chi connectivity index (χ2n) is 22.9. The average molecular weight is 974 g/mol. The van der Waals surface area contributed by atoms with Gasteiger partial charge in [0.2, 0.25) is 0 Å². The summed E-state index contributed by atoms with van der Waals surface area (Å²) in [6.45, 7) is 14.2. The molecule has 0 saturated heterocycles. The maximum Gasteiger partial charge on any atom is 0.0465 e. The maximum absolute atomic E-state index is 2.45. The number of fused-ring (bicyclic) bond motifs is 9. The Balaban J connectivity index is 0.799. The van der Waals surface area contributed by atoms with Crippen LogP contribution in [0.3, 0.4) is 0 Å². The van der Waals surface area contributed by atoms with Gasteiger partial charge in [-0.1, -0.05) is 236 Å². The summed E-state index contributed by atoms with van der Waals surface area (Å²) in [7, 11) is 0. The second kappa shape index (κ2) is 17.1. The molecule has 3 aliphatic carbocycles. The zero-order chi connectivity index (χ0) is 51.5. The molecule has 0 N–H and O–H groups in total. The first-order chi connectivity index (χ1) is 36.9. The molecule has 0 spiro atoms. The molecule has 14 rings (SSSR count). The molecule has 1 nitrogen and oxygen atoms in total. The van der Waals surface area contributed by atoms with Crippen LogP contribution in [-0.2, 0) is 16.2 Å². The predicted octanol–water partition coefficient (Wildman–Crippen LogP) is 20.4. The number of rotatable bonds is 8. The molecule has 0 amide bonds. The molecule has 0 unspecified atom stereocenters. The first kappa shape index (κ1) is 45.8. The molecule has 11 aromatic rings. The summed E-state index contributed by atoms with van der Waals surface area (Å²) in [5, 5.41) is 0. The number of hydrogen-bond acceptors (Lipinski definition) is 1. The fourth-order valence-electron chi connectivity index (χ4n) is 13.2. The van der Waals surface area contributed by atoms with Crippen molar-refractivity contribution in [2.45, 2.75) is 57.8 Å². The van der Waals surface area contributed by atoms with Gasteiger partial charge in [0, 0.05) is 33.3 Å². The van der Waals surface area contributed by atoms with Crippen molar-refractivity contribution in [1.29, 1.82) is 0 Å². The number of anilines is 3. The SMILES string of the molecule is CC1(C)c2ccccc2-c2ccc(-c3ccc(N(c4ccc(-c5ccc6c(c5)C(C)(C)c5ccccc5-6)cc4)c4ccc5c(c4)C(C)(C)c4cc(-c6ccc(-c7ccc(-c8ccccc8)cc7)cc6)ccc4-5)cc3)cc21. The highest BCUT2D eigenvalue weighted by molar-refractivity contribution is 5.90. The van der Waals surface area contributed by atoms with E-state index in [-0.39, 0.29) is 16.2 Å². The summed E-state index contributed by atoms with van der Waals surface area (Å²) in [4.78, 5) is 2.44. The van der Waals surface area contributed by atoms with Gasteiger partial charge in [0.15, 0.2) is 0 Å². The Morgan fingerprint density at radius 2 is 0.447 bits per heavy atom. The van der Waals surface area contributed by atoms with E-state index in [1.807, 2.05) is 0 Å². The average Bonchev–Trinajstić information content (AvgIpc) is 4.00. The highest BCUT2D eigenvalue weighted by Gasteiger charge is 2.38. The Morgan fingerprint density at radius 3 is 0.842 bits per heavy atom. The molecule has 0 aliphatic heterocycles. The maximum atomic E-state index is 2.45. The lowest BCUT2D eigenvalue weighted by Gasteiger charge is -2.28. The van der Waals surface area contributed by atoms with E-state index in [1.54, 1.807) is 0 Å². The first-order valence-electron chi connectivity index (χ1n) is 27.0. The van der Waals surface area contributed by atoms with Gasteiger partial charge >= 0.3 is 0 Å². The van der Waals surface area contributed by atoms with Crippen molar-refractivity contribution >= 4 is 17.1 Å². The van der Waals surface area contributed by atoms with Crippen LogP contribution >= 0.6 is 0 Å². The lowest BCUT2D eigenvalue weighted by molar-refractivity contribution is 0.660. The Morgan fingerprint density at radius 1 is 0.197 bits per heavy atom. The summed E-state index contributed by atoms with van der Waals surface area (Å²) >= 11 is 0. The van der Waals surface area contributed by atoms with Crippen molar-refractivity contribution in [3.05, 3.63) is 282 Å². The third-order valence-electron chi connectivity index (χ3n) is 17.5. The molecule has 0 radical (unpaired) electrons. The number of nitrogens with zero attached hydrogens (tertiary/aromatic N) is 1. The third-order valence-corrected chi connectivity index (χ3v) is 17.5.